The molecule has 0 spiro atoms. The number of benzene rings is 1. The maximum absolute atomic E-state index is 12.7. The van der Waals surface area contributed by atoms with Crippen LogP contribution in [0.5, 0.6) is 5.75 Å². The normalized spacial score (nSPS) is 16.0. The molecule has 0 unspecified atom stereocenters. The van der Waals surface area contributed by atoms with Crippen molar-refractivity contribution in [2.45, 2.75) is 39.2 Å². The molecule has 1 atom stereocenters. The number of nitrogens with zero attached hydrogens (tertiary/aromatic N) is 1. The zero-order valence-corrected chi connectivity index (χ0v) is 17.5. The van der Waals surface area contributed by atoms with Crippen LogP contribution in [0.3, 0.4) is 0 Å². The van der Waals surface area contributed by atoms with Gasteiger partial charge in [0.15, 0.2) is 5.11 Å². The zero-order valence-electron chi connectivity index (χ0n) is 16.7. The molecule has 8 nitrogen and oxygen atoms in total. The molecule has 1 aromatic carbocycles. The molecule has 1 fully saturated rings. The number of piperazine rings is 1. The van der Waals surface area contributed by atoms with Gasteiger partial charge in [-0.1, -0.05) is 25.5 Å². The molecule has 29 heavy (non-hydrogen) atoms. The second kappa shape index (κ2) is 11.4. The minimum Gasteiger partial charge on any atom is -0.493 e. The molecule has 0 aliphatic carbocycles. The van der Waals surface area contributed by atoms with E-state index in [0.717, 1.165) is 12.8 Å². The van der Waals surface area contributed by atoms with Crippen molar-refractivity contribution >= 4 is 35.1 Å². The number of carbonyl (C=O) groups excluding carboxylic acids is 3. The van der Waals surface area contributed by atoms with Crippen LogP contribution in [-0.2, 0) is 14.3 Å². The van der Waals surface area contributed by atoms with Crippen LogP contribution in [0.4, 0.5) is 0 Å². The summed E-state index contributed by atoms with van der Waals surface area (Å²) in [5, 5.41) is 5.45. The quantitative estimate of drug-likeness (QED) is 0.374. The second-order valence-electron chi connectivity index (χ2n) is 6.47. The molecule has 158 valence electrons. The lowest BCUT2D eigenvalue weighted by atomic mass is 10.1. The molecule has 1 aromatic rings. The highest BCUT2D eigenvalue weighted by Crippen LogP contribution is 2.18. The lowest BCUT2D eigenvalue weighted by Gasteiger charge is -2.36. The second-order valence-corrected chi connectivity index (χ2v) is 6.85. The summed E-state index contributed by atoms with van der Waals surface area (Å²) in [6.07, 6.45) is 1.53. The first-order chi connectivity index (χ1) is 14.0. The van der Waals surface area contributed by atoms with Crippen LogP contribution in [0.25, 0.3) is 0 Å². The van der Waals surface area contributed by atoms with Gasteiger partial charge in [-0.2, -0.15) is 0 Å². The number of unbranched alkanes of at least 4 members (excludes halogenated alkanes) is 1. The Bertz CT molecular complexity index is 755. The SMILES string of the molecule is CCCCOC(=O)C[C@H]1C(=O)NCCN1C(=S)NC(=O)c1ccccc1OCC. The van der Waals surface area contributed by atoms with Crippen molar-refractivity contribution in [1.82, 2.24) is 15.5 Å². The van der Waals surface area contributed by atoms with E-state index >= 15 is 0 Å². The summed E-state index contributed by atoms with van der Waals surface area (Å²) in [4.78, 5) is 38.6. The molecule has 2 amide bonds. The van der Waals surface area contributed by atoms with E-state index in [2.05, 4.69) is 10.6 Å². The predicted octanol–water partition coefficient (Wildman–Crippen LogP) is 1.63. The molecule has 0 saturated carbocycles. The fourth-order valence-electron chi connectivity index (χ4n) is 2.88. The molecule has 2 rings (SSSR count). The highest BCUT2D eigenvalue weighted by atomic mass is 32.1. The number of nitrogens with one attached hydrogen (secondary N) is 2. The summed E-state index contributed by atoms with van der Waals surface area (Å²) in [5.74, 6) is -0.784. The van der Waals surface area contributed by atoms with Gasteiger partial charge in [-0.05, 0) is 37.7 Å². The summed E-state index contributed by atoms with van der Waals surface area (Å²) < 4.78 is 10.6. The van der Waals surface area contributed by atoms with Gasteiger partial charge in [-0.15, -0.1) is 0 Å². The number of hydrogen-bond donors (Lipinski definition) is 2. The first-order valence-electron chi connectivity index (χ1n) is 9.75. The van der Waals surface area contributed by atoms with E-state index in [0.29, 0.717) is 37.6 Å². The Morgan fingerprint density at radius 1 is 1.31 bits per heavy atom. The van der Waals surface area contributed by atoms with Gasteiger partial charge >= 0.3 is 5.97 Å². The van der Waals surface area contributed by atoms with Gasteiger partial charge in [0.25, 0.3) is 5.91 Å². The lowest BCUT2D eigenvalue weighted by molar-refractivity contribution is -0.147. The maximum atomic E-state index is 12.7. The standard InChI is InChI=1S/C20H27N3O5S/c1-3-5-12-28-17(24)13-15-19(26)21-10-11-23(15)20(29)22-18(25)14-8-6-7-9-16(14)27-4-2/h6-9,15H,3-5,10-13H2,1-2H3,(H,21,26)(H,22,25,29)/t15-/m0/s1. The summed E-state index contributed by atoms with van der Waals surface area (Å²) in [5.41, 5.74) is 0.341. The highest BCUT2D eigenvalue weighted by molar-refractivity contribution is 7.80. The van der Waals surface area contributed by atoms with Gasteiger partial charge in [0.1, 0.15) is 11.8 Å². The first-order valence-corrected chi connectivity index (χ1v) is 10.2. The van der Waals surface area contributed by atoms with E-state index in [4.69, 9.17) is 21.7 Å². The van der Waals surface area contributed by atoms with Crippen molar-refractivity contribution in [1.29, 1.82) is 0 Å². The van der Waals surface area contributed by atoms with Gasteiger partial charge in [0.05, 0.1) is 25.2 Å². The summed E-state index contributed by atoms with van der Waals surface area (Å²) in [6.45, 7) is 5.31. The average Bonchev–Trinajstić information content (AvgIpc) is 2.70. The molecular formula is C20H27N3O5S. The molecule has 0 aromatic heterocycles. The molecular weight excluding hydrogens is 394 g/mol. The Morgan fingerprint density at radius 2 is 2.07 bits per heavy atom. The van der Waals surface area contributed by atoms with Gasteiger partial charge < -0.3 is 19.7 Å². The van der Waals surface area contributed by atoms with E-state index in [-0.39, 0.29) is 17.4 Å². The number of rotatable bonds is 8. The fourth-order valence-corrected chi connectivity index (χ4v) is 3.19. The van der Waals surface area contributed by atoms with E-state index in [1.807, 2.05) is 13.8 Å². The number of amides is 2. The Kier molecular flexibility index (Phi) is 8.85. The summed E-state index contributed by atoms with van der Waals surface area (Å²) >= 11 is 5.37. The number of esters is 1. The van der Waals surface area contributed by atoms with Crippen molar-refractivity contribution < 1.29 is 23.9 Å². The van der Waals surface area contributed by atoms with E-state index in [1.54, 1.807) is 29.2 Å². The molecule has 1 aliphatic rings. The summed E-state index contributed by atoms with van der Waals surface area (Å²) in [7, 11) is 0. The number of ether oxygens (including phenoxy) is 2. The molecule has 1 heterocycles. The smallest absolute Gasteiger partial charge is 0.308 e. The van der Waals surface area contributed by atoms with Gasteiger partial charge in [-0.25, -0.2) is 0 Å². The molecule has 1 aliphatic heterocycles. The number of hydrogen-bond acceptors (Lipinski definition) is 6. The number of thiocarbonyl (C=S) groups is 1. The molecule has 0 radical (unpaired) electrons. The monoisotopic (exact) mass is 421 g/mol. The van der Waals surface area contributed by atoms with Crippen LogP contribution < -0.4 is 15.4 Å². The van der Waals surface area contributed by atoms with Crippen molar-refractivity contribution in [3.63, 3.8) is 0 Å². The topological polar surface area (TPSA) is 97.0 Å². The van der Waals surface area contributed by atoms with Crippen LogP contribution in [0.1, 0.15) is 43.5 Å². The Labute approximate surface area is 175 Å². The van der Waals surface area contributed by atoms with Gasteiger partial charge in [0, 0.05) is 13.1 Å². The van der Waals surface area contributed by atoms with Gasteiger partial charge in [-0.3, -0.25) is 19.7 Å². The highest BCUT2D eigenvalue weighted by Gasteiger charge is 2.34. The van der Waals surface area contributed by atoms with Crippen LogP contribution in [0.2, 0.25) is 0 Å². The molecule has 1 saturated heterocycles. The first kappa shape index (κ1) is 22.6. The average molecular weight is 422 g/mol. The van der Waals surface area contributed by atoms with Crippen molar-refractivity contribution in [3.8, 4) is 5.75 Å². The maximum Gasteiger partial charge on any atom is 0.308 e. The Balaban J connectivity index is 2.05. The molecule has 2 N–H and O–H groups in total. The lowest BCUT2D eigenvalue weighted by Crippen LogP contribution is -2.60. The zero-order chi connectivity index (χ0) is 21.2. The van der Waals surface area contributed by atoms with Gasteiger partial charge in [0.2, 0.25) is 5.91 Å². The van der Waals surface area contributed by atoms with Crippen LogP contribution in [0.15, 0.2) is 24.3 Å². The molecule has 9 heteroatoms. The van der Waals surface area contributed by atoms with Crippen LogP contribution in [0, 0.1) is 0 Å². The Hall–Kier alpha value is -2.68. The minimum absolute atomic E-state index is 0.0857. The number of carbonyl (C=O) groups is 3. The fraction of sp³-hybridized carbons (Fsp3) is 0.500. The van der Waals surface area contributed by atoms with Crippen LogP contribution >= 0.6 is 12.2 Å². The third kappa shape index (κ3) is 6.42. The summed E-state index contributed by atoms with van der Waals surface area (Å²) in [6, 6.07) is 6.01. The van der Waals surface area contributed by atoms with E-state index in [1.165, 1.54) is 0 Å². The number of para-hydroxylation sites is 1. The molecule has 0 bridgehead atoms. The third-order valence-corrected chi connectivity index (χ3v) is 4.70. The van der Waals surface area contributed by atoms with E-state index < -0.39 is 17.9 Å². The van der Waals surface area contributed by atoms with Crippen molar-refractivity contribution in [3.05, 3.63) is 29.8 Å². The Morgan fingerprint density at radius 3 is 2.79 bits per heavy atom. The largest absolute Gasteiger partial charge is 0.493 e. The minimum atomic E-state index is -0.826. The predicted molar refractivity (Wildman–Crippen MR) is 112 cm³/mol. The van der Waals surface area contributed by atoms with Crippen molar-refractivity contribution in [2.24, 2.45) is 0 Å². The van der Waals surface area contributed by atoms with E-state index in [9.17, 15) is 14.4 Å². The van der Waals surface area contributed by atoms with Crippen LogP contribution in [-0.4, -0.2) is 60.1 Å². The van der Waals surface area contributed by atoms with Crippen molar-refractivity contribution in [2.75, 3.05) is 26.3 Å². The third-order valence-electron chi connectivity index (χ3n) is 4.36.